The Morgan fingerprint density at radius 1 is 1.00 bits per heavy atom. The second kappa shape index (κ2) is 8.22. The van der Waals surface area contributed by atoms with Crippen LogP contribution in [0.4, 0.5) is 0 Å². The zero-order valence-electron chi connectivity index (χ0n) is 20.0. The molecule has 0 N–H and O–H groups in total. The molecule has 0 bridgehead atoms. The van der Waals surface area contributed by atoms with Gasteiger partial charge in [0.1, 0.15) is 13.8 Å². The van der Waals surface area contributed by atoms with Crippen LogP contribution >= 0.6 is 0 Å². The monoisotopic (exact) mass is 398 g/mol. The smallest absolute Gasteiger partial charge is 0.122 e. The quantitative estimate of drug-likeness (QED) is 0.461. The highest BCUT2D eigenvalue weighted by atomic mass is 28.3. The van der Waals surface area contributed by atoms with Crippen molar-refractivity contribution in [3.05, 3.63) is 46.2 Å². The summed E-state index contributed by atoms with van der Waals surface area (Å²) in [6.07, 6.45) is 9.63. The lowest BCUT2D eigenvalue weighted by atomic mass is 9.80. The molecule has 2 rings (SSSR count). The molecule has 0 atom stereocenters. The molecule has 0 saturated carbocycles. The van der Waals surface area contributed by atoms with Gasteiger partial charge in [-0.05, 0) is 46.4 Å². The Hall–Kier alpha value is -1.28. The summed E-state index contributed by atoms with van der Waals surface area (Å²) < 4.78 is 6.12. The van der Waals surface area contributed by atoms with Crippen LogP contribution in [0.3, 0.4) is 0 Å². The predicted octanol–water partition coefficient (Wildman–Crippen LogP) is 7.19. The molecule has 0 radical (unpaired) electrons. The van der Waals surface area contributed by atoms with Gasteiger partial charge in [-0.25, -0.2) is 0 Å². The highest BCUT2D eigenvalue weighted by molar-refractivity contribution is 6.96. The van der Waals surface area contributed by atoms with Crippen LogP contribution in [-0.2, 0) is 10.8 Å². The molecule has 1 aromatic carbocycles. The van der Waals surface area contributed by atoms with Gasteiger partial charge in [-0.15, -0.1) is 0 Å². The molecular formula is C26H42OSi. The molecule has 0 unspecified atom stereocenters. The summed E-state index contributed by atoms with van der Waals surface area (Å²) >= 11 is 0. The van der Waals surface area contributed by atoms with E-state index in [9.17, 15) is 0 Å². The number of hydrogen-bond donors (Lipinski definition) is 0. The van der Waals surface area contributed by atoms with Gasteiger partial charge in [-0.1, -0.05) is 103 Å². The highest BCUT2D eigenvalue weighted by Crippen LogP contribution is 2.39. The fourth-order valence-electron chi connectivity index (χ4n) is 4.27. The summed E-state index contributed by atoms with van der Waals surface area (Å²) in [6.45, 7) is 21.2. The van der Waals surface area contributed by atoms with Gasteiger partial charge in [0.2, 0.25) is 0 Å². The van der Waals surface area contributed by atoms with E-state index in [1.165, 1.54) is 35.6 Å². The predicted molar refractivity (Wildman–Crippen MR) is 128 cm³/mol. The van der Waals surface area contributed by atoms with Crippen molar-refractivity contribution in [1.29, 1.82) is 0 Å². The summed E-state index contributed by atoms with van der Waals surface area (Å²) in [5, 5.41) is 3.17. The highest BCUT2D eigenvalue weighted by Gasteiger charge is 2.37. The fraction of sp³-hybridized carbons (Fsp3) is 0.615. The molecular weight excluding hydrogens is 356 g/mol. The first-order valence-corrected chi connectivity index (χ1v) is 14.0. The van der Waals surface area contributed by atoms with E-state index in [1.54, 1.807) is 10.8 Å². The molecule has 28 heavy (non-hydrogen) atoms. The fourth-order valence-corrected chi connectivity index (χ4v) is 7.56. The first-order chi connectivity index (χ1) is 12.8. The van der Waals surface area contributed by atoms with Gasteiger partial charge in [0, 0.05) is 0 Å². The molecule has 0 heterocycles. The van der Waals surface area contributed by atoms with Crippen molar-refractivity contribution in [2.45, 2.75) is 98.1 Å². The van der Waals surface area contributed by atoms with E-state index in [0.717, 1.165) is 12.2 Å². The summed E-state index contributed by atoms with van der Waals surface area (Å²) in [7, 11) is 0.00254. The lowest BCUT2D eigenvalue weighted by molar-refractivity contribution is 0.399. The third kappa shape index (κ3) is 4.64. The van der Waals surface area contributed by atoms with Crippen molar-refractivity contribution in [2.75, 3.05) is 7.11 Å². The molecule has 0 saturated heterocycles. The first-order valence-electron chi connectivity index (χ1n) is 11.0. The zero-order chi connectivity index (χ0) is 21.3. The maximum Gasteiger partial charge on any atom is 0.122 e. The Labute approximate surface area is 175 Å². The van der Waals surface area contributed by atoms with Crippen LogP contribution in [0.15, 0.2) is 35.1 Å². The van der Waals surface area contributed by atoms with E-state index < -0.39 is 8.07 Å². The minimum atomic E-state index is -1.85. The lowest BCUT2D eigenvalue weighted by Crippen LogP contribution is -2.46. The maximum atomic E-state index is 6.12. The van der Waals surface area contributed by atoms with E-state index in [1.807, 2.05) is 7.11 Å². The molecule has 1 aliphatic rings. The molecule has 2 heteroatoms. The summed E-state index contributed by atoms with van der Waals surface area (Å²) in [5.74, 6) is 1.13. The summed E-state index contributed by atoms with van der Waals surface area (Å²) in [6, 6.07) is 4.87. The van der Waals surface area contributed by atoms with Crippen molar-refractivity contribution < 1.29 is 4.74 Å². The number of allylic oxidation sites excluding steroid dienone is 4. The van der Waals surface area contributed by atoms with Crippen LogP contribution in [0.2, 0.25) is 13.1 Å². The maximum absolute atomic E-state index is 6.12. The standard InChI is InChI=1S/C26H42OSi/c1-11-12-14-19-15-13-16-22(19)28(9,10)23-18-20(25(2,3)4)17-21(24(23)27-8)26(5,6)7/h13,15,17-18H,11-12,14,16H2,1-10H3. The van der Waals surface area contributed by atoms with E-state index in [4.69, 9.17) is 4.74 Å². The van der Waals surface area contributed by atoms with Gasteiger partial charge in [-0.2, -0.15) is 0 Å². The molecule has 0 spiro atoms. The Morgan fingerprint density at radius 3 is 2.14 bits per heavy atom. The van der Waals surface area contributed by atoms with E-state index in [2.05, 4.69) is 85.8 Å². The summed E-state index contributed by atoms with van der Waals surface area (Å²) in [4.78, 5) is 0. The van der Waals surface area contributed by atoms with Gasteiger partial charge >= 0.3 is 0 Å². The van der Waals surface area contributed by atoms with Crippen molar-refractivity contribution in [3.8, 4) is 5.75 Å². The number of hydrogen-bond acceptors (Lipinski definition) is 1. The normalized spacial score (nSPS) is 15.5. The van der Waals surface area contributed by atoms with Crippen LogP contribution in [0.5, 0.6) is 5.75 Å². The number of rotatable bonds is 6. The van der Waals surface area contributed by atoms with Crippen LogP contribution in [-0.4, -0.2) is 15.2 Å². The Bertz CT molecular complexity index is 767. The van der Waals surface area contributed by atoms with Crippen molar-refractivity contribution in [2.24, 2.45) is 0 Å². The number of ether oxygens (including phenoxy) is 1. The van der Waals surface area contributed by atoms with E-state index in [0.29, 0.717) is 0 Å². The van der Waals surface area contributed by atoms with Gasteiger partial charge in [0.25, 0.3) is 0 Å². The Kier molecular flexibility index (Phi) is 6.75. The van der Waals surface area contributed by atoms with Crippen LogP contribution in [0.25, 0.3) is 0 Å². The van der Waals surface area contributed by atoms with Crippen LogP contribution in [0, 0.1) is 0 Å². The second-order valence-corrected chi connectivity index (χ2v) is 15.3. The number of methoxy groups -OCH3 is 1. The second-order valence-electron chi connectivity index (χ2n) is 10.9. The van der Waals surface area contributed by atoms with E-state index in [-0.39, 0.29) is 10.8 Å². The first kappa shape index (κ1) is 23.0. The summed E-state index contributed by atoms with van der Waals surface area (Å²) in [5.41, 5.74) is 4.55. The SMILES string of the molecule is CCCCC1=C([Si](C)(C)c2cc(C(C)(C)C)cc(C(C)(C)C)c2OC)CC=C1. The van der Waals surface area contributed by atoms with Gasteiger partial charge < -0.3 is 4.74 Å². The minimum Gasteiger partial charge on any atom is -0.497 e. The van der Waals surface area contributed by atoms with E-state index >= 15 is 0 Å². The Morgan fingerprint density at radius 2 is 1.64 bits per heavy atom. The molecule has 0 amide bonds. The largest absolute Gasteiger partial charge is 0.497 e. The minimum absolute atomic E-state index is 0.0547. The zero-order valence-corrected chi connectivity index (χ0v) is 21.0. The topological polar surface area (TPSA) is 9.23 Å². The lowest BCUT2D eigenvalue weighted by Gasteiger charge is -2.34. The van der Waals surface area contributed by atoms with Crippen molar-refractivity contribution in [3.63, 3.8) is 0 Å². The molecule has 0 aliphatic heterocycles. The van der Waals surface area contributed by atoms with Gasteiger partial charge in [-0.3, -0.25) is 0 Å². The molecule has 1 nitrogen and oxygen atoms in total. The molecule has 0 fully saturated rings. The molecule has 1 aromatic rings. The van der Waals surface area contributed by atoms with Crippen LogP contribution < -0.4 is 9.92 Å². The average molecular weight is 399 g/mol. The number of benzene rings is 1. The molecule has 1 aliphatic carbocycles. The molecule has 0 aromatic heterocycles. The van der Waals surface area contributed by atoms with Gasteiger partial charge in [0.15, 0.2) is 0 Å². The number of unbranched alkanes of at least 4 members (excludes halogenated alkanes) is 1. The van der Waals surface area contributed by atoms with Crippen molar-refractivity contribution in [1.82, 2.24) is 0 Å². The third-order valence-corrected chi connectivity index (χ3v) is 9.98. The van der Waals surface area contributed by atoms with Crippen molar-refractivity contribution >= 4 is 13.3 Å². The van der Waals surface area contributed by atoms with Gasteiger partial charge in [0.05, 0.1) is 7.11 Å². The Balaban J connectivity index is 2.75. The average Bonchev–Trinajstić information content (AvgIpc) is 3.06. The van der Waals surface area contributed by atoms with Crippen LogP contribution in [0.1, 0.15) is 85.3 Å². The third-order valence-electron chi connectivity index (χ3n) is 6.22. The molecule has 156 valence electrons.